The third-order valence-electron chi connectivity index (χ3n) is 3.95. The van der Waals surface area contributed by atoms with E-state index in [2.05, 4.69) is 26.2 Å². The quantitative estimate of drug-likeness (QED) is 0.795. The molecule has 0 radical (unpaired) electrons. The fourth-order valence-electron chi connectivity index (χ4n) is 2.81. The van der Waals surface area contributed by atoms with Crippen molar-refractivity contribution in [3.8, 4) is 0 Å². The van der Waals surface area contributed by atoms with E-state index in [1.165, 1.54) is 6.08 Å². The minimum absolute atomic E-state index is 0.269. The number of hydrogen-bond acceptors (Lipinski definition) is 4. The van der Waals surface area contributed by atoms with E-state index >= 15 is 0 Å². The van der Waals surface area contributed by atoms with Crippen LogP contribution in [0.1, 0.15) is 23.8 Å². The van der Waals surface area contributed by atoms with Gasteiger partial charge in [0, 0.05) is 29.3 Å². The number of aromatic nitrogens is 2. The van der Waals surface area contributed by atoms with Gasteiger partial charge in [-0.15, -0.1) is 0 Å². The van der Waals surface area contributed by atoms with Crippen LogP contribution in [0.3, 0.4) is 0 Å². The van der Waals surface area contributed by atoms with Crippen molar-refractivity contribution in [2.75, 3.05) is 11.9 Å². The van der Waals surface area contributed by atoms with Crippen molar-refractivity contribution in [2.45, 2.75) is 19.4 Å². The number of nitrogens with zero attached hydrogens (tertiary/aromatic N) is 2. The second kappa shape index (κ2) is 6.76. The number of aryl methyl sites for hydroxylation is 1. The molecule has 0 aliphatic heterocycles. The first-order valence-corrected chi connectivity index (χ1v) is 8.41. The van der Waals surface area contributed by atoms with Gasteiger partial charge < -0.3 is 14.6 Å². The molecule has 24 heavy (non-hydrogen) atoms. The Balaban J connectivity index is 2.07. The summed E-state index contributed by atoms with van der Waals surface area (Å²) in [5, 5.41) is 3.91. The van der Waals surface area contributed by atoms with Crippen molar-refractivity contribution < 1.29 is 13.9 Å². The molecule has 5 nitrogen and oxygen atoms in total. The normalized spacial score (nSPS) is 17.4. The number of nitrogens with one attached hydrogen (secondary N) is 1. The smallest absolute Gasteiger partial charge is 0.357 e. The maximum atomic E-state index is 14.3. The molecular weight excluding hydrogens is 377 g/mol. The van der Waals surface area contributed by atoms with Crippen molar-refractivity contribution in [3.63, 3.8) is 0 Å². The average molecular weight is 394 g/mol. The van der Waals surface area contributed by atoms with Gasteiger partial charge in [-0.2, -0.15) is 0 Å². The van der Waals surface area contributed by atoms with Crippen LogP contribution < -0.4 is 5.32 Å². The summed E-state index contributed by atoms with van der Waals surface area (Å²) in [6.07, 6.45) is 7.10. The SMILES string of the molecule is CCOC(=O)c1c(NC2CC=C(Br)C=C2F)c2cnccc2n1C. The molecule has 1 unspecified atom stereocenters. The van der Waals surface area contributed by atoms with Gasteiger partial charge in [-0.1, -0.05) is 22.0 Å². The Morgan fingerprint density at radius 1 is 1.58 bits per heavy atom. The van der Waals surface area contributed by atoms with Crippen LogP contribution in [0, 0.1) is 0 Å². The van der Waals surface area contributed by atoms with Crippen molar-refractivity contribution >= 4 is 38.5 Å². The van der Waals surface area contributed by atoms with Gasteiger partial charge in [0.15, 0.2) is 5.69 Å². The summed E-state index contributed by atoms with van der Waals surface area (Å²) in [6.45, 7) is 2.02. The van der Waals surface area contributed by atoms with Gasteiger partial charge >= 0.3 is 5.97 Å². The Kier molecular flexibility index (Phi) is 4.71. The number of anilines is 1. The van der Waals surface area contributed by atoms with Crippen molar-refractivity contribution in [3.05, 3.63) is 46.6 Å². The zero-order chi connectivity index (χ0) is 17.3. The highest BCUT2D eigenvalue weighted by Gasteiger charge is 2.26. The molecule has 1 aliphatic rings. The standard InChI is InChI=1S/C17H17BrFN3O2/c1-3-24-17(23)16-15(11-9-20-7-6-14(11)22(16)2)21-13-5-4-10(18)8-12(13)19/h4,6-9,13,21H,3,5H2,1-2H3. The predicted octanol–water partition coefficient (Wildman–Crippen LogP) is 4.07. The Morgan fingerprint density at radius 3 is 3.08 bits per heavy atom. The number of rotatable bonds is 4. The van der Waals surface area contributed by atoms with E-state index in [0.29, 0.717) is 22.3 Å². The second-order valence-corrected chi connectivity index (χ2v) is 6.36. The lowest BCUT2D eigenvalue weighted by atomic mass is 10.1. The van der Waals surface area contributed by atoms with Gasteiger partial charge in [-0.25, -0.2) is 9.18 Å². The van der Waals surface area contributed by atoms with Crippen LogP contribution in [0.2, 0.25) is 0 Å². The summed E-state index contributed by atoms with van der Waals surface area (Å²) in [7, 11) is 1.78. The monoisotopic (exact) mass is 393 g/mol. The topological polar surface area (TPSA) is 56.1 Å². The number of carbonyl (C=O) groups excluding carboxylic acids is 1. The highest BCUT2D eigenvalue weighted by atomic mass is 79.9. The highest BCUT2D eigenvalue weighted by molar-refractivity contribution is 9.11. The van der Waals surface area contributed by atoms with Crippen molar-refractivity contribution in [1.29, 1.82) is 0 Å². The van der Waals surface area contributed by atoms with Gasteiger partial charge in [-0.05, 0) is 25.5 Å². The van der Waals surface area contributed by atoms with Crippen molar-refractivity contribution in [2.24, 2.45) is 7.05 Å². The zero-order valence-electron chi connectivity index (χ0n) is 13.3. The van der Waals surface area contributed by atoms with Crippen LogP contribution in [0.15, 0.2) is 40.9 Å². The maximum Gasteiger partial charge on any atom is 0.357 e. The van der Waals surface area contributed by atoms with Crippen LogP contribution >= 0.6 is 15.9 Å². The molecule has 2 heterocycles. The molecule has 0 fully saturated rings. The van der Waals surface area contributed by atoms with Crippen LogP contribution in [0.25, 0.3) is 10.9 Å². The zero-order valence-corrected chi connectivity index (χ0v) is 14.9. The number of ether oxygens (including phenoxy) is 1. The number of pyridine rings is 1. The van der Waals surface area contributed by atoms with E-state index in [1.54, 1.807) is 30.9 Å². The molecule has 7 heteroatoms. The van der Waals surface area contributed by atoms with Gasteiger partial charge in [0.1, 0.15) is 5.83 Å². The van der Waals surface area contributed by atoms with E-state index in [9.17, 15) is 9.18 Å². The lowest BCUT2D eigenvalue weighted by molar-refractivity contribution is 0.0517. The molecule has 1 aliphatic carbocycles. The molecule has 2 aromatic heterocycles. The lowest BCUT2D eigenvalue weighted by Crippen LogP contribution is -2.23. The van der Waals surface area contributed by atoms with Crippen LogP contribution in [0.5, 0.6) is 0 Å². The van der Waals surface area contributed by atoms with Crippen LogP contribution in [-0.2, 0) is 11.8 Å². The van der Waals surface area contributed by atoms with Gasteiger partial charge in [-0.3, -0.25) is 4.98 Å². The van der Waals surface area contributed by atoms with E-state index in [-0.39, 0.29) is 12.4 Å². The molecule has 1 atom stereocenters. The minimum Gasteiger partial charge on any atom is -0.461 e. The van der Waals surface area contributed by atoms with Gasteiger partial charge in [0.2, 0.25) is 0 Å². The third kappa shape index (κ3) is 2.96. The average Bonchev–Trinajstić information content (AvgIpc) is 2.83. The molecule has 0 aromatic carbocycles. The highest BCUT2D eigenvalue weighted by Crippen LogP contribution is 2.33. The molecule has 3 rings (SSSR count). The summed E-state index contributed by atoms with van der Waals surface area (Å²) >= 11 is 3.27. The largest absolute Gasteiger partial charge is 0.461 e. The molecule has 0 saturated carbocycles. The summed E-state index contributed by atoms with van der Waals surface area (Å²) < 4.78 is 21.9. The number of carbonyl (C=O) groups is 1. The molecule has 0 spiro atoms. The number of hydrogen-bond donors (Lipinski definition) is 1. The molecule has 126 valence electrons. The number of allylic oxidation sites excluding steroid dienone is 2. The predicted molar refractivity (Wildman–Crippen MR) is 94.9 cm³/mol. The van der Waals surface area contributed by atoms with Crippen LogP contribution in [-0.4, -0.2) is 28.2 Å². The Hall–Kier alpha value is -2.15. The maximum absolute atomic E-state index is 14.3. The number of esters is 1. The van der Waals surface area contributed by atoms with E-state index in [4.69, 9.17) is 4.74 Å². The van der Waals surface area contributed by atoms with Crippen molar-refractivity contribution in [1.82, 2.24) is 9.55 Å². The summed E-state index contributed by atoms with van der Waals surface area (Å²) in [4.78, 5) is 16.5. The lowest BCUT2D eigenvalue weighted by Gasteiger charge is -2.20. The first kappa shape index (κ1) is 16.7. The first-order chi connectivity index (χ1) is 11.5. The molecular formula is C17H17BrFN3O2. The minimum atomic E-state index is -0.537. The molecule has 0 bridgehead atoms. The molecule has 0 amide bonds. The number of fused-ring (bicyclic) bond motifs is 1. The van der Waals surface area contributed by atoms with E-state index in [1.807, 2.05) is 12.1 Å². The summed E-state index contributed by atoms with van der Waals surface area (Å²) in [5.41, 5.74) is 1.73. The van der Waals surface area contributed by atoms with Gasteiger partial charge in [0.05, 0.1) is 23.9 Å². The Morgan fingerprint density at radius 2 is 2.38 bits per heavy atom. The Bertz CT molecular complexity index is 857. The summed E-state index contributed by atoms with van der Waals surface area (Å²) in [6, 6.07) is 1.28. The fraction of sp³-hybridized carbons (Fsp3) is 0.294. The second-order valence-electron chi connectivity index (χ2n) is 5.45. The van der Waals surface area contributed by atoms with E-state index in [0.717, 1.165) is 10.9 Å². The number of halogens is 2. The van der Waals surface area contributed by atoms with Gasteiger partial charge in [0.25, 0.3) is 0 Å². The summed E-state index contributed by atoms with van der Waals surface area (Å²) in [5.74, 6) is -0.740. The van der Waals surface area contributed by atoms with Crippen LogP contribution in [0.4, 0.5) is 10.1 Å². The Labute approximate surface area is 147 Å². The molecule has 1 N–H and O–H groups in total. The first-order valence-electron chi connectivity index (χ1n) is 7.61. The molecule has 0 saturated heterocycles. The third-order valence-corrected chi connectivity index (χ3v) is 4.50. The van der Waals surface area contributed by atoms with E-state index < -0.39 is 12.0 Å². The fourth-order valence-corrected chi connectivity index (χ4v) is 3.21. The molecule has 2 aromatic rings.